The highest BCUT2D eigenvalue weighted by Gasteiger charge is 2.44. The van der Waals surface area contributed by atoms with E-state index in [1.165, 1.54) is 4.90 Å². The predicted molar refractivity (Wildman–Crippen MR) is 122 cm³/mol. The van der Waals surface area contributed by atoms with Crippen molar-refractivity contribution in [2.45, 2.75) is 55.7 Å². The first-order chi connectivity index (χ1) is 16.2. The Labute approximate surface area is 196 Å². The van der Waals surface area contributed by atoms with Crippen molar-refractivity contribution in [2.24, 2.45) is 5.73 Å². The maximum atomic E-state index is 13.1. The van der Waals surface area contributed by atoms with Crippen LogP contribution in [0.3, 0.4) is 0 Å². The number of hydrogen-bond donors (Lipinski definition) is 3. The third-order valence-corrected chi connectivity index (χ3v) is 7.41. The van der Waals surface area contributed by atoms with Gasteiger partial charge in [-0.05, 0) is 49.3 Å². The van der Waals surface area contributed by atoms with E-state index in [0.717, 1.165) is 36.8 Å². The molecule has 34 heavy (non-hydrogen) atoms. The molecule has 3 aliphatic heterocycles. The van der Waals surface area contributed by atoms with Gasteiger partial charge in [0.25, 0.3) is 17.7 Å². The summed E-state index contributed by atoms with van der Waals surface area (Å²) in [5.74, 6) is 5.12. The van der Waals surface area contributed by atoms with E-state index >= 15 is 0 Å². The van der Waals surface area contributed by atoms with Gasteiger partial charge in [-0.3, -0.25) is 14.4 Å². The van der Waals surface area contributed by atoms with Crippen LogP contribution in [-0.2, 0) is 4.79 Å². The van der Waals surface area contributed by atoms with Crippen molar-refractivity contribution in [3.8, 4) is 23.2 Å². The Morgan fingerprint density at radius 1 is 1.29 bits per heavy atom. The average Bonchev–Trinajstić information content (AvgIpc) is 3.50. The molecule has 9 nitrogen and oxygen atoms in total. The zero-order valence-corrected chi connectivity index (χ0v) is 18.8. The smallest absolute Gasteiger partial charge is 0.270 e. The molecule has 2 saturated carbocycles. The highest BCUT2D eigenvalue weighted by atomic mass is 16.3. The first kappa shape index (κ1) is 20.9. The van der Waals surface area contributed by atoms with Crippen molar-refractivity contribution in [2.75, 3.05) is 13.6 Å². The van der Waals surface area contributed by atoms with E-state index in [1.807, 2.05) is 22.8 Å². The SMILES string of the molecule is CN1CCC(O)(C#Cc2ccc3c(c2)-c2nc(C(N)=O)c(C(=O)NC4CC4)n2C2CC3C2)C1=O. The topological polar surface area (TPSA) is 131 Å². The van der Waals surface area contributed by atoms with Gasteiger partial charge in [-0.1, -0.05) is 17.9 Å². The molecule has 4 heterocycles. The Hall–Kier alpha value is -3.64. The summed E-state index contributed by atoms with van der Waals surface area (Å²) in [6.45, 7) is 0.455. The van der Waals surface area contributed by atoms with Crippen molar-refractivity contribution in [3.63, 3.8) is 0 Å². The summed E-state index contributed by atoms with van der Waals surface area (Å²) in [7, 11) is 1.64. The van der Waals surface area contributed by atoms with E-state index in [0.29, 0.717) is 23.9 Å². The first-order valence-electron chi connectivity index (χ1n) is 11.6. The van der Waals surface area contributed by atoms with Gasteiger partial charge in [0.1, 0.15) is 11.5 Å². The van der Waals surface area contributed by atoms with Crippen molar-refractivity contribution >= 4 is 17.7 Å². The number of likely N-dealkylation sites (N-methyl/N-ethyl adjacent to an activating group) is 1. The number of benzene rings is 1. The zero-order valence-electron chi connectivity index (χ0n) is 18.8. The van der Waals surface area contributed by atoms with Gasteiger partial charge in [-0.25, -0.2) is 4.98 Å². The Morgan fingerprint density at radius 2 is 2.06 bits per heavy atom. The molecule has 174 valence electrons. The van der Waals surface area contributed by atoms with Crippen molar-refractivity contribution in [1.29, 1.82) is 0 Å². The minimum Gasteiger partial charge on any atom is -0.369 e. The Bertz CT molecular complexity index is 1320. The summed E-state index contributed by atoms with van der Waals surface area (Å²) in [6, 6.07) is 5.93. The van der Waals surface area contributed by atoms with Crippen LogP contribution in [0.2, 0.25) is 0 Å². The number of amides is 3. The third kappa shape index (κ3) is 3.13. The number of carbonyl (C=O) groups is 3. The number of primary amides is 1. The molecule has 1 unspecified atom stereocenters. The molecule has 2 bridgehead atoms. The van der Waals surface area contributed by atoms with Crippen molar-refractivity contribution in [3.05, 3.63) is 40.7 Å². The standard InChI is InChI=1S/C25H25N5O4/c1-29-9-8-25(34,24(29)33)7-6-13-2-5-17-14-11-16(12-14)30-20(23(32)27-15-3-4-15)19(21(26)31)28-22(30)18(17)10-13/h2,5,10,14-16,34H,3-4,8-9,11-12H2,1H3,(H2,26,31)(H,27,32). The molecule has 2 aromatic rings. The summed E-state index contributed by atoms with van der Waals surface area (Å²) in [6.07, 6.45) is 3.82. The summed E-state index contributed by atoms with van der Waals surface area (Å²) in [5, 5.41) is 13.6. The molecule has 1 aromatic heterocycles. The number of rotatable bonds is 3. The van der Waals surface area contributed by atoms with Gasteiger partial charge in [0.05, 0.1) is 0 Å². The molecule has 0 radical (unpaired) electrons. The second-order valence-corrected chi connectivity index (χ2v) is 9.83. The number of likely N-dealkylation sites (tertiary alicyclic amines) is 1. The van der Waals surface area contributed by atoms with Crippen LogP contribution < -0.4 is 11.1 Å². The van der Waals surface area contributed by atoms with Crippen LogP contribution >= 0.6 is 0 Å². The second-order valence-electron chi connectivity index (χ2n) is 9.83. The molecular weight excluding hydrogens is 434 g/mol. The fourth-order valence-corrected chi connectivity index (χ4v) is 5.23. The number of nitrogens with zero attached hydrogens (tertiary/aromatic N) is 3. The number of carbonyl (C=O) groups excluding carboxylic acids is 3. The Balaban J connectivity index is 1.45. The van der Waals surface area contributed by atoms with Crippen LogP contribution in [0.25, 0.3) is 11.4 Å². The lowest BCUT2D eigenvalue weighted by molar-refractivity contribution is -0.137. The second kappa shape index (κ2) is 7.18. The van der Waals surface area contributed by atoms with Gasteiger partial charge in [0.2, 0.25) is 5.60 Å². The lowest BCUT2D eigenvalue weighted by Crippen LogP contribution is -2.37. The van der Waals surface area contributed by atoms with Gasteiger partial charge in [-0.2, -0.15) is 0 Å². The Kier molecular flexibility index (Phi) is 4.42. The molecule has 4 N–H and O–H groups in total. The van der Waals surface area contributed by atoms with Crippen LogP contribution in [0.15, 0.2) is 18.2 Å². The highest BCUT2D eigenvalue weighted by Crippen LogP contribution is 2.52. The molecule has 7 rings (SSSR count). The van der Waals surface area contributed by atoms with E-state index < -0.39 is 17.4 Å². The summed E-state index contributed by atoms with van der Waals surface area (Å²) in [5.41, 5.74) is 6.67. The predicted octanol–water partition coefficient (Wildman–Crippen LogP) is 0.918. The van der Waals surface area contributed by atoms with Gasteiger partial charge in [-0.15, -0.1) is 0 Å². The molecule has 1 atom stereocenters. The van der Waals surface area contributed by atoms with Crippen molar-refractivity contribution < 1.29 is 19.5 Å². The number of nitrogens with two attached hydrogens (primary N) is 1. The van der Waals surface area contributed by atoms with E-state index in [-0.39, 0.29) is 35.8 Å². The van der Waals surface area contributed by atoms with Crippen LogP contribution in [0.5, 0.6) is 0 Å². The average molecular weight is 460 g/mol. The largest absolute Gasteiger partial charge is 0.369 e. The maximum Gasteiger partial charge on any atom is 0.270 e. The fourth-order valence-electron chi connectivity index (χ4n) is 5.23. The normalized spacial score (nSPS) is 26.5. The lowest BCUT2D eigenvalue weighted by Gasteiger charge is -2.35. The quantitative estimate of drug-likeness (QED) is 0.588. The monoisotopic (exact) mass is 459 g/mol. The molecule has 3 fully saturated rings. The van der Waals surface area contributed by atoms with Crippen LogP contribution in [-0.4, -0.2) is 62.5 Å². The molecule has 2 aliphatic carbocycles. The zero-order chi connectivity index (χ0) is 23.8. The van der Waals surface area contributed by atoms with E-state index in [1.54, 1.807) is 7.05 Å². The van der Waals surface area contributed by atoms with E-state index in [9.17, 15) is 19.5 Å². The van der Waals surface area contributed by atoms with Gasteiger partial charge >= 0.3 is 0 Å². The molecule has 1 saturated heterocycles. The number of imidazole rings is 1. The van der Waals surface area contributed by atoms with Gasteiger partial charge < -0.3 is 25.6 Å². The maximum absolute atomic E-state index is 13.1. The summed E-state index contributed by atoms with van der Waals surface area (Å²) in [4.78, 5) is 43.6. The van der Waals surface area contributed by atoms with Crippen LogP contribution in [0, 0.1) is 11.8 Å². The number of hydrogen-bond acceptors (Lipinski definition) is 5. The molecule has 3 amide bonds. The summed E-state index contributed by atoms with van der Waals surface area (Å²) < 4.78 is 1.88. The number of aromatic nitrogens is 2. The fraction of sp³-hybridized carbons (Fsp3) is 0.440. The molecule has 1 aromatic carbocycles. The minimum absolute atomic E-state index is 0.0187. The number of nitrogens with one attached hydrogen (secondary N) is 1. The van der Waals surface area contributed by atoms with Crippen LogP contribution in [0.1, 0.15) is 76.2 Å². The molecule has 0 spiro atoms. The highest BCUT2D eigenvalue weighted by molar-refractivity contribution is 6.05. The van der Waals surface area contributed by atoms with Crippen molar-refractivity contribution in [1.82, 2.24) is 19.8 Å². The molecule has 9 heteroatoms. The van der Waals surface area contributed by atoms with E-state index in [4.69, 9.17) is 5.73 Å². The minimum atomic E-state index is -1.69. The Morgan fingerprint density at radius 3 is 2.71 bits per heavy atom. The van der Waals surface area contributed by atoms with Crippen LogP contribution in [0.4, 0.5) is 0 Å². The lowest BCUT2D eigenvalue weighted by atomic mass is 9.75. The first-order valence-corrected chi connectivity index (χ1v) is 11.6. The third-order valence-electron chi connectivity index (χ3n) is 7.41. The van der Waals surface area contributed by atoms with E-state index in [2.05, 4.69) is 22.1 Å². The van der Waals surface area contributed by atoms with Gasteiger partial charge in [0, 0.05) is 43.2 Å². The van der Waals surface area contributed by atoms with Gasteiger partial charge in [0.15, 0.2) is 5.69 Å². The summed E-state index contributed by atoms with van der Waals surface area (Å²) >= 11 is 0. The number of aliphatic hydroxyl groups is 1. The molecule has 5 aliphatic rings. The molecular formula is C25H25N5O4.